The Bertz CT molecular complexity index is 368. The van der Waals surface area contributed by atoms with Crippen molar-refractivity contribution in [1.29, 1.82) is 0 Å². The van der Waals surface area contributed by atoms with Crippen molar-refractivity contribution in [2.45, 2.75) is 39.5 Å². The number of hydrogen-bond acceptors (Lipinski definition) is 2. The molecule has 4 nitrogen and oxygen atoms in total. The molecule has 1 unspecified atom stereocenters. The average molecular weight is 264 g/mol. The fourth-order valence-corrected chi connectivity index (χ4v) is 1.95. The first-order chi connectivity index (χ1) is 9.17. The first-order valence-electron chi connectivity index (χ1n) is 6.99. The number of carbonyl (C=O) groups excluding carboxylic acids is 1. The molecule has 0 fully saturated rings. The quantitative estimate of drug-likeness (QED) is 0.575. The molecule has 0 saturated carbocycles. The SMILES string of the molecule is CCCCC(CC)CN(O)C(=O)Nc1ccccc1. The summed E-state index contributed by atoms with van der Waals surface area (Å²) in [5.74, 6) is 0.353. The number of carbonyl (C=O) groups is 1. The van der Waals surface area contributed by atoms with E-state index in [1.807, 2.05) is 18.2 Å². The Morgan fingerprint density at radius 1 is 1.32 bits per heavy atom. The number of hydrogen-bond donors (Lipinski definition) is 2. The number of anilines is 1. The minimum absolute atomic E-state index is 0.353. The molecule has 0 bridgehead atoms. The molecule has 2 N–H and O–H groups in total. The lowest BCUT2D eigenvalue weighted by atomic mass is 9.99. The van der Waals surface area contributed by atoms with Crippen LogP contribution in [0, 0.1) is 5.92 Å². The minimum Gasteiger partial charge on any atom is -0.306 e. The molecule has 2 amide bonds. The highest BCUT2D eigenvalue weighted by atomic mass is 16.5. The van der Waals surface area contributed by atoms with Gasteiger partial charge in [0.2, 0.25) is 0 Å². The van der Waals surface area contributed by atoms with E-state index in [2.05, 4.69) is 19.2 Å². The lowest BCUT2D eigenvalue weighted by molar-refractivity contribution is -0.0498. The zero-order valence-corrected chi connectivity index (χ0v) is 11.8. The molecule has 1 rings (SSSR count). The zero-order valence-electron chi connectivity index (χ0n) is 11.8. The Hall–Kier alpha value is -1.55. The molecule has 106 valence electrons. The van der Waals surface area contributed by atoms with E-state index >= 15 is 0 Å². The fourth-order valence-electron chi connectivity index (χ4n) is 1.95. The number of rotatable bonds is 7. The van der Waals surface area contributed by atoms with Gasteiger partial charge in [-0.1, -0.05) is 51.3 Å². The summed E-state index contributed by atoms with van der Waals surface area (Å²) >= 11 is 0. The second-order valence-corrected chi connectivity index (χ2v) is 4.79. The molecule has 0 radical (unpaired) electrons. The monoisotopic (exact) mass is 264 g/mol. The van der Waals surface area contributed by atoms with Gasteiger partial charge in [-0.15, -0.1) is 0 Å². The fraction of sp³-hybridized carbons (Fsp3) is 0.533. The number of unbranched alkanes of at least 4 members (excludes halogenated alkanes) is 1. The summed E-state index contributed by atoms with van der Waals surface area (Å²) in [6.45, 7) is 4.62. The Morgan fingerprint density at radius 2 is 2.00 bits per heavy atom. The maximum Gasteiger partial charge on any atom is 0.345 e. The van der Waals surface area contributed by atoms with Gasteiger partial charge in [-0.2, -0.15) is 0 Å². The highest BCUT2D eigenvalue weighted by Crippen LogP contribution is 2.14. The molecular formula is C15H24N2O2. The molecule has 19 heavy (non-hydrogen) atoms. The lowest BCUT2D eigenvalue weighted by Gasteiger charge is -2.21. The molecule has 0 aliphatic carbocycles. The van der Waals surface area contributed by atoms with Crippen molar-refractivity contribution in [1.82, 2.24) is 5.06 Å². The van der Waals surface area contributed by atoms with Crippen LogP contribution >= 0.6 is 0 Å². The van der Waals surface area contributed by atoms with E-state index < -0.39 is 6.03 Å². The van der Waals surface area contributed by atoms with Crippen LogP contribution in [0.4, 0.5) is 10.5 Å². The molecule has 1 aromatic rings. The summed E-state index contributed by atoms with van der Waals surface area (Å²) in [7, 11) is 0. The maximum absolute atomic E-state index is 11.8. The summed E-state index contributed by atoms with van der Waals surface area (Å²) in [6.07, 6.45) is 4.28. The Labute approximate surface area is 115 Å². The Kier molecular flexibility index (Phi) is 6.97. The van der Waals surface area contributed by atoms with Crippen LogP contribution in [0.15, 0.2) is 30.3 Å². The predicted molar refractivity (Wildman–Crippen MR) is 77.3 cm³/mol. The van der Waals surface area contributed by atoms with E-state index in [0.717, 1.165) is 30.7 Å². The lowest BCUT2D eigenvalue weighted by Crippen LogP contribution is -2.35. The van der Waals surface area contributed by atoms with Crippen LogP contribution in [0.2, 0.25) is 0 Å². The van der Waals surface area contributed by atoms with Crippen molar-refractivity contribution in [2.24, 2.45) is 5.92 Å². The summed E-state index contributed by atoms with van der Waals surface area (Å²) < 4.78 is 0. The second kappa shape index (κ2) is 8.53. The second-order valence-electron chi connectivity index (χ2n) is 4.79. The van der Waals surface area contributed by atoms with Gasteiger partial charge in [-0.3, -0.25) is 5.21 Å². The molecule has 0 heterocycles. The van der Waals surface area contributed by atoms with Crippen LogP contribution in [0.25, 0.3) is 0 Å². The Balaban J connectivity index is 2.43. The van der Waals surface area contributed by atoms with Crippen molar-refractivity contribution in [2.75, 3.05) is 11.9 Å². The van der Waals surface area contributed by atoms with E-state index in [1.165, 1.54) is 0 Å². The van der Waals surface area contributed by atoms with Crippen LogP contribution in [0.5, 0.6) is 0 Å². The van der Waals surface area contributed by atoms with Gasteiger partial charge in [-0.25, -0.2) is 9.86 Å². The van der Waals surface area contributed by atoms with E-state index in [1.54, 1.807) is 12.1 Å². The normalized spacial score (nSPS) is 11.9. The molecule has 0 aliphatic heterocycles. The van der Waals surface area contributed by atoms with Gasteiger partial charge in [0.25, 0.3) is 0 Å². The number of hydroxylamine groups is 2. The number of para-hydroxylation sites is 1. The zero-order chi connectivity index (χ0) is 14.1. The number of amides is 2. The van der Waals surface area contributed by atoms with Crippen LogP contribution in [0.3, 0.4) is 0 Å². The summed E-state index contributed by atoms with van der Waals surface area (Å²) in [6, 6.07) is 8.67. The number of nitrogens with zero attached hydrogens (tertiary/aromatic N) is 1. The molecule has 0 aliphatic rings. The van der Waals surface area contributed by atoms with Crippen LogP contribution < -0.4 is 5.32 Å². The number of benzene rings is 1. The third-order valence-electron chi connectivity index (χ3n) is 3.23. The number of urea groups is 1. The average Bonchev–Trinajstić information content (AvgIpc) is 2.44. The molecule has 4 heteroatoms. The van der Waals surface area contributed by atoms with Gasteiger partial charge < -0.3 is 5.32 Å². The van der Waals surface area contributed by atoms with Crippen molar-refractivity contribution >= 4 is 11.7 Å². The standard InChI is InChI=1S/C15H24N2O2/c1-3-5-9-13(4-2)12-17(19)15(18)16-14-10-7-6-8-11-14/h6-8,10-11,13,19H,3-5,9,12H2,1-2H3,(H,16,18). The smallest absolute Gasteiger partial charge is 0.306 e. The molecule has 1 atom stereocenters. The van der Waals surface area contributed by atoms with Crippen molar-refractivity contribution < 1.29 is 10.0 Å². The number of nitrogens with one attached hydrogen (secondary N) is 1. The van der Waals surface area contributed by atoms with Crippen molar-refractivity contribution in [3.8, 4) is 0 Å². The molecule has 0 aromatic heterocycles. The first-order valence-corrected chi connectivity index (χ1v) is 6.99. The summed E-state index contributed by atoms with van der Waals surface area (Å²) in [4.78, 5) is 11.8. The summed E-state index contributed by atoms with van der Waals surface area (Å²) in [5.41, 5.74) is 0.688. The van der Waals surface area contributed by atoms with E-state index in [4.69, 9.17) is 0 Å². The summed E-state index contributed by atoms with van der Waals surface area (Å²) in [5, 5.41) is 13.3. The highest BCUT2D eigenvalue weighted by molar-refractivity contribution is 5.88. The van der Waals surface area contributed by atoms with Crippen LogP contribution in [-0.4, -0.2) is 22.8 Å². The van der Waals surface area contributed by atoms with Gasteiger partial charge in [0, 0.05) is 5.69 Å². The van der Waals surface area contributed by atoms with E-state index in [0.29, 0.717) is 18.2 Å². The van der Waals surface area contributed by atoms with Crippen LogP contribution in [-0.2, 0) is 0 Å². The largest absolute Gasteiger partial charge is 0.345 e. The maximum atomic E-state index is 11.8. The van der Waals surface area contributed by atoms with Crippen molar-refractivity contribution in [3.63, 3.8) is 0 Å². The Morgan fingerprint density at radius 3 is 2.58 bits per heavy atom. The first kappa shape index (κ1) is 15.5. The third kappa shape index (κ3) is 5.75. The van der Waals surface area contributed by atoms with Gasteiger partial charge in [-0.05, 0) is 24.5 Å². The van der Waals surface area contributed by atoms with Gasteiger partial charge in [0.1, 0.15) is 0 Å². The third-order valence-corrected chi connectivity index (χ3v) is 3.23. The molecule has 1 aromatic carbocycles. The highest BCUT2D eigenvalue weighted by Gasteiger charge is 2.16. The topological polar surface area (TPSA) is 52.6 Å². The van der Waals surface area contributed by atoms with Crippen molar-refractivity contribution in [3.05, 3.63) is 30.3 Å². The molecular weight excluding hydrogens is 240 g/mol. The van der Waals surface area contributed by atoms with Gasteiger partial charge in [0.05, 0.1) is 6.54 Å². The predicted octanol–water partition coefficient (Wildman–Crippen LogP) is 4.13. The van der Waals surface area contributed by atoms with E-state index in [-0.39, 0.29) is 0 Å². The van der Waals surface area contributed by atoms with Gasteiger partial charge >= 0.3 is 6.03 Å². The molecule has 0 saturated heterocycles. The van der Waals surface area contributed by atoms with Gasteiger partial charge in [0.15, 0.2) is 0 Å². The van der Waals surface area contributed by atoms with E-state index in [9.17, 15) is 10.0 Å². The minimum atomic E-state index is -0.471. The molecule has 0 spiro atoms. The van der Waals surface area contributed by atoms with Crippen LogP contribution in [0.1, 0.15) is 39.5 Å².